The summed E-state index contributed by atoms with van der Waals surface area (Å²) < 4.78 is 0. The fourth-order valence-electron chi connectivity index (χ4n) is 3.02. The fraction of sp³-hybridized carbons (Fsp3) is 0.929. The van der Waals surface area contributed by atoms with Crippen LogP contribution < -0.4 is 5.32 Å². The topological polar surface area (TPSA) is 35.6 Å². The van der Waals surface area contributed by atoms with Gasteiger partial charge in [0, 0.05) is 31.6 Å². The molecule has 2 aliphatic rings. The van der Waals surface area contributed by atoms with Gasteiger partial charge in [0.25, 0.3) is 0 Å². The van der Waals surface area contributed by atoms with Gasteiger partial charge >= 0.3 is 0 Å². The molecule has 4 nitrogen and oxygen atoms in total. The van der Waals surface area contributed by atoms with E-state index in [1.807, 2.05) is 4.90 Å². The summed E-state index contributed by atoms with van der Waals surface area (Å²) >= 11 is 0. The van der Waals surface area contributed by atoms with E-state index in [0.717, 1.165) is 38.9 Å². The van der Waals surface area contributed by atoms with E-state index < -0.39 is 0 Å². The molecule has 0 aromatic carbocycles. The third-order valence-electron chi connectivity index (χ3n) is 4.37. The lowest BCUT2D eigenvalue weighted by atomic mass is 10.0. The van der Waals surface area contributed by atoms with Gasteiger partial charge in [0.1, 0.15) is 0 Å². The molecule has 104 valence electrons. The highest BCUT2D eigenvalue weighted by Gasteiger charge is 2.27. The second kappa shape index (κ2) is 6.53. The van der Waals surface area contributed by atoms with Crippen LogP contribution in [0.1, 0.15) is 38.5 Å². The SMILES string of the molecule is CN(C)C1CCN(C(=O)CCC2CCCCN2)C1. The maximum Gasteiger partial charge on any atom is 0.222 e. The summed E-state index contributed by atoms with van der Waals surface area (Å²) in [6.07, 6.45) is 6.72. The van der Waals surface area contributed by atoms with Gasteiger partial charge in [-0.25, -0.2) is 0 Å². The third-order valence-corrected chi connectivity index (χ3v) is 4.37. The molecule has 2 saturated heterocycles. The van der Waals surface area contributed by atoms with Crippen LogP contribution in [0.3, 0.4) is 0 Å². The Morgan fingerprint density at radius 1 is 1.33 bits per heavy atom. The van der Waals surface area contributed by atoms with E-state index in [1.54, 1.807) is 0 Å². The molecule has 0 aromatic rings. The summed E-state index contributed by atoms with van der Waals surface area (Å²) in [5.41, 5.74) is 0. The van der Waals surface area contributed by atoms with Crippen molar-refractivity contribution in [3.8, 4) is 0 Å². The molecule has 18 heavy (non-hydrogen) atoms. The maximum atomic E-state index is 12.1. The Kier molecular flexibility index (Phi) is 5.01. The highest BCUT2D eigenvalue weighted by Crippen LogP contribution is 2.17. The number of nitrogens with zero attached hydrogens (tertiary/aromatic N) is 2. The molecule has 4 heteroatoms. The van der Waals surface area contributed by atoms with E-state index in [-0.39, 0.29) is 0 Å². The van der Waals surface area contributed by atoms with Gasteiger partial charge in [-0.05, 0) is 46.3 Å². The van der Waals surface area contributed by atoms with Crippen molar-refractivity contribution in [1.29, 1.82) is 0 Å². The van der Waals surface area contributed by atoms with Crippen LogP contribution in [-0.2, 0) is 4.79 Å². The van der Waals surface area contributed by atoms with Crippen molar-refractivity contribution in [3.63, 3.8) is 0 Å². The van der Waals surface area contributed by atoms with E-state index in [2.05, 4.69) is 24.3 Å². The Hall–Kier alpha value is -0.610. The molecule has 0 spiro atoms. The Bertz CT molecular complexity index is 274. The van der Waals surface area contributed by atoms with Crippen LogP contribution in [0.2, 0.25) is 0 Å². The van der Waals surface area contributed by atoms with Crippen LogP contribution in [0.4, 0.5) is 0 Å². The first-order chi connectivity index (χ1) is 8.66. The number of rotatable bonds is 4. The molecule has 0 aliphatic carbocycles. The maximum absolute atomic E-state index is 12.1. The van der Waals surface area contributed by atoms with E-state index in [1.165, 1.54) is 19.3 Å². The summed E-state index contributed by atoms with van der Waals surface area (Å²) in [7, 11) is 4.20. The zero-order valence-electron chi connectivity index (χ0n) is 11.8. The first-order valence-corrected chi connectivity index (χ1v) is 7.34. The largest absolute Gasteiger partial charge is 0.341 e. The molecule has 1 amide bonds. The van der Waals surface area contributed by atoms with Gasteiger partial charge in [-0.3, -0.25) is 4.79 Å². The second-order valence-electron chi connectivity index (χ2n) is 5.93. The molecule has 0 aromatic heterocycles. The molecular weight excluding hydrogens is 226 g/mol. The monoisotopic (exact) mass is 253 g/mol. The Morgan fingerprint density at radius 2 is 2.17 bits per heavy atom. The van der Waals surface area contributed by atoms with Gasteiger partial charge in [0.05, 0.1) is 0 Å². The van der Waals surface area contributed by atoms with Gasteiger partial charge in [-0.15, -0.1) is 0 Å². The van der Waals surface area contributed by atoms with Gasteiger partial charge in [0.15, 0.2) is 0 Å². The summed E-state index contributed by atoms with van der Waals surface area (Å²) in [6, 6.07) is 1.14. The number of hydrogen-bond acceptors (Lipinski definition) is 3. The van der Waals surface area contributed by atoms with Gasteiger partial charge < -0.3 is 15.1 Å². The number of likely N-dealkylation sites (tertiary alicyclic amines) is 1. The van der Waals surface area contributed by atoms with Gasteiger partial charge in [-0.1, -0.05) is 6.42 Å². The summed E-state index contributed by atoms with van der Waals surface area (Å²) in [6.45, 7) is 3.00. The molecule has 2 unspecified atom stereocenters. The minimum absolute atomic E-state index is 0.353. The number of amides is 1. The fourth-order valence-corrected chi connectivity index (χ4v) is 3.02. The minimum Gasteiger partial charge on any atom is -0.341 e. The van der Waals surface area contributed by atoms with E-state index in [0.29, 0.717) is 18.0 Å². The quantitative estimate of drug-likeness (QED) is 0.814. The normalized spacial score (nSPS) is 28.9. The smallest absolute Gasteiger partial charge is 0.222 e. The number of hydrogen-bond donors (Lipinski definition) is 1. The first kappa shape index (κ1) is 13.8. The Morgan fingerprint density at radius 3 is 2.78 bits per heavy atom. The predicted octanol–water partition coefficient (Wildman–Crippen LogP) is 1.07. The molecule has 2 rings (SSSR count). The zero-order chi connectivity index (χ0) is 13.0. The summed E-state index contributed by atoms with van der Waals surface area (Å²) in [5.74, 6) is 0.353. The van der Waals surface area contributed by atoms with Crippen molar-refractivity contribution in [1.82, 2.24) is 15.1 Å². The van der Waals surface area contributed by atoms with Crippen molar-refractivity contribution in [2.24, 2.45) is 0 Å². The lowest BCUT2D eigenvalue weighted by Crippen LogP contribution is -2.37. The summed E-state index contributed by atoms with van der Waals surface area (Å²) in [5, 5.41) is 3.51. The summed E-state index contributed by atoms with van der Waals surface area (Å²) in [4.78, 5) is 16.4. The first-order valence-electron chi connectivity index (χ1n) is 7.34. The number of carbonyl (C=O) groups is 1. The predicted molar refractivity (Wildman–Crippen MR) is 73.5 cm³/mol. The van der Waals surface area contributed by atoms with Crippen LogP contribution in [-0.4, -0.2) is 61.5 Å². The number of likely N-dealkylation sites (N-methyl/N-ethyl adjacent to an activating group) is 1. The van der Waals surface area contributed by atoms with E-state index in [9.17, 15) is 4.79 Å². The van der Waals surface area contributed by atoms with Crippen LogP contribution >= 0.6 is 0 Å². The average molecular weight is 253 g/mol. The van der Waals surface area contributed by atoms with Crippen LogP contribution in [0.15, 0.2) is 0 Å². The third kappa shape index (κ3) is 3.69. The average Bonchev–Trinajstić information content (AvgIpc) is 2.87. The number of nitrogens with one attached hydrogen (secondary N) is 1. The number of piperidine rings is 1. The van der Waals surface area contributed by atoms with Crippen molar-refractivity contribution < 1.29 is 4.79 Å². The number of carbonyl (C=O) groups excluding carboxylic acids is 1. The molecule has 2 atom stereocenters. The molecule has 2 heterocycles. The van der Waals surface area contributed by atoms with Crippen molar-refractivity contribution >= 4 is 5.91 Å². The Labute approximate surface area is 111 Å². The zero-order valence-corrected chi connectivity index (χ0v) is 11.8. The van der Waals surface area contributed by atoms with E-state index >= 15 is 0 Å². The molecule has 0 saturated carbocycles. The van der Waals surface area contributed by atoms with E-state index in [4.69, 9.17) is 0 Å². The minimum atomic E-state index is 0.353. The lowest BCUT2D eigenvalue weighted by molar-refractivity contribution is -0.130. The van der Waals surface area contributed by atoms with Gasteiger partial charge in [0.2, 0.25) is 5.91 Å². The second-order valence-corrected chi connectivity index (χ2v) is 5.93. The van der Waals surface area contributed by atoms with Crippen molar-refractivity contribution in [2.75, 3.05) is 33.7 Å². The van der Waals surface area contributed by atoms with Gasteiger partial charge in [-0.2, -0.15) is 0 Å². The molecule has 0 bridgehead atoms. The van der Waals surface area contributed by atoms with Crippen LogP contribution in [0.25, 0.3) is 0 Å². The van der Waals surface area contributed by atoms with Crippen LogP contribution in [0.5, 0.6) is 0 Å². The van der Waals surface area contributed by atoms with Crippen molar-refractivity contribution in [2.45, 2.75) is 50.6 Å². The Balaban J connectivity index is 1.68. The molecular formula is C14H27N3O. The molecule has 2 fully saturated rings. The van der Waals surface area contributed by atoms with Crippen molar-refractivity contribution in [3.05, 3.63) is 0 Å². The molecule has 1 N–H and O–H groups in total. The highest BCUT2D eigenvalue weighted by atomic mass is 16.2. The molecule has 0 radical (unpaired) electrons. The van der Waals surface area contributed by atoms with Crippen LogP contribution in [0, 0.1) is 0 Å². The lowest BCUT2D eigenvalue weighted by Gasteiger charge is -2.24. The molecule has 2 aliphatic heterocycles. The highest BCUT2D eigenvalue weighted by molar-refractivity contribution is 5.76. The standard InChI is InChI=1S/C14H27N3O/c1-16(2)13-8-10-17(11-13)14(18)7-6-12-5-3-4-9-15-12/h12-13,15H,3-11H2,1-2H3.